The minimum absolute atomic E-state index is 0.123. The van der Waals surface area contributed by atoms with E-state index < -0.39 is 22.2 Å². The maximum Gasteiger partial charge on any atom is 0.319 e. The molecule has 5 heteroatoms. The second-order valence-corrected chi connectivity index (χ2v) is 6.87. The molecule has 0 aromatic rings. The summed E-state index contributed by atoms with van der Waals surface area (Å²) in [7, 11) is 2.60. The minimum Gasteiger partial charge on any atom is -0.469 e. The Hall–Kier alpha value is -1.39. The Morgan fingerprint density at radius 3 is 2.00 bits per heavy atom. The van der Waals surface area contributed by atoms with Crippen LogP contribution >= 0.6 is 0 Å². The SMILES string of the molecule is CCCC1(C)CC(C)(C(=O)OC)CC(C)(C(=O)OC)C1=O. The Kier molecular flexibility index (Phi) is 4.86. The van der Waals surface area contributed by atoms with E-state index in [9.17, 15) is 14.4 Å². The first-order valence-electron chi connectivity index (χ1n) is 7.31. The molecule has 1 saturated carbocycles. The molecule has 21 heavy (non-hydrogen) atoms. The number of carbonyl (C=O) groups excluding carboxylic acids is 3. The molecule has 1 fully saturated rings. The van der Waals surface area contributed by atoms with Gasteiger partial charge in [0.05, 0.1) is 19.6 Å². The number of ketones is 1. The zero-order valence-electron chi connectivity index (χ0n) is 13.9. The molecule has 0 aromatic carbocycles. The molecule has 0 radical (unpaired) electrons. The maximum atomic E-state index is 12.9. The van der Waals surface area contributed by atoms with Gasteiger partial charge < -0.3 is 9.47 Å². The van der Waals surface area contributed by atoms with Crippen molar-refractivity contribution in [2.75, 3.05) is 14.2 Å². The lowest BCUT2D eigenvalue weighted by molar-refractivity contribution is -0.176. The monoisotopic (exact) mass is 298 g/mol. The number of methoxy groups -OCH3 is 2. The lowest BCUT2D eigenvalue weighted by atomic mass is 9.52. The summed E-state index contributed by atoms with van der Waals surface area (Å²) in [5.41, 5.74) is -2.89. The van der Waals surface area contributed by atoms with Gasteiger partial charge in [0.2, 0.25) is 0 Å². The van der Waals surface area contributed by atoms with Crippen LogP contribution in [0.5, 0.6) is 0 Å². The molecular weight excluding hydrogens is 272 g/mol. The van der Waals surface area contributed by atoms with Gasteiger partial charge in [-0.25, -0.2) is 0 Å². The molecule has 1 aliphatic carbocycles. The summed E-state index contributed by atoms with van der Waals surface area (Å²) in [6.07, 6.45) is 1.95. The van der Waals surface area contributed by atoms with Crippen molar-refractivity contribution in [2.45, 2.75) is 53.4 Å². The van der Waals surface area contributed by atoms with E-state index in [1.807, 2.05) is 13.8 Å². The number of carbonyl (C=O) groups is 3. The molecule has 0 aromatic heterocycles. The van der Waals surface area contributed by atoms with Crippen LogP contribution in [0.3, 0.4) is 0 Å². The summed E-state index contributed by atoms with van der Waals surface area (Å²) in [5, 5.41) is 0. The Morgan fingerprint density at radius 1 is 1.05 bits per heavy atom. The fourth-order valence-electron chi connectivity index (χ4n) is 4.07. The molecule has 0 spiro atoms. The summed E-state index contributed by atoms with van der Waals surface area (Å²) in [5.74, 6) is -1.10. The standard InChI is InChI=1S/C16H26O5/c1-7-8-14(2)9-15(3,12(18)20-5)10-16(4,11(14)17)13(19)21-6/h7-10H2,1-6H3. The van der Waals surface area contributed by atoms with E-state index in [1.54, 1.807) is 13.8 Å². The molecule has 0 aliphatic heterocycles. The number of rotatable bonds is 4. The van der Waals surface area contributed by atoms with Crippen molar-refractivity contribution in [3.8, 4) is 0 Å². The summed E-state index contributed by atoms with van der Waals surface area (Å²) in [6.45, 7) is 7.16. The van der Waals surface area contributed by atoms with Crippen LogP contribution in [0.15, 0.2) is 0 Å². The van der Waals surface area contributed by atoms with Gasteiger partial charge in [0.25, 0.3) is 0 Å². The molecule has 3 atom stereocenters. The van der Waals surface area contributed by atoms with Gasteiger partial charge in [0.1, 0.15) is 5.41 Å². The Morgan fingerprint density at radius 2 is 1.57 bits per heavy atom. The van der Waals surface area contributed by atoms with E-state index in [0.717, 1.165) is 6.42 Å². The molecule has 5 nitrogen and oxygen atoms in total. The van der Waals surface area contributed by atoms with Crippen LogP contribution < -0.4 is 0 Å². The highest BCUT2D eigenvalue weighted by atomic mass is 16.5. The third kappa shape index (κ3) is 2.83. The van der Waals surface area contributed by atoms with Crippen LogP contribution in [-0.4, -0.2) is 31.9 Å². The van der Waals surface area contributed by atoms with Crippen LogP contribution in [0.2, 0.25) is 0 Å². The summed E-state index contributed by atoms with van der Waals surface area (Å²) in [6, 6.07) is 0. The molecular formula is C16H26O5. The fraction of sp³-hybridized carbons (Fsp3) is 0.812. The van der Waals surface area contributed by atoms with Crippen LogP contribution in [0, 0.1) is 16.2 Å². The maximum absolute atomic E-state index is 12.9. The summed E-state index contributed by atoms with van der Waals surface area (Å²) < 4.78 is 9.73. The largest absolute Gasteiger partial charge is 0.469 e. The van der Waals surface area contributed by atoms with Crippen LogP contribution in [0.25, 0.3) is 0 Å². The average Bonchev–Trinajstić information content (AvgIpc) is 2.43. The van der Waals surface area contributed by atoms with E-state index in [4.69, 9.17) is 9.47 Å². The summed E-state index contributed by atoms with van der Waals surface area (Å²) >= 11 is 0. The number of Topliss-reactive ketones (excluding diaryl/α,β-unsaturated/α-hetero) is 1. The molecule has 1 rings (SSSR count). The molecule has 3 unspecified atom stereocenters. The molecule has 0 bridgehead atoms. The zero-order valence-corrected chi connectivity index (χ0v) is 13.9. The second kappa shape index (κ2) is 5.78. The van der Waals surface area contributed by atoms with Crippen LogP contribution in [-0.2, 0) is 23.9 Å². The van der Waals surface area contributed by atoms with Crippen molar-refractivity contribution in [3.05, 3.63) is 0 Å². The third-order valence-corrected chi connectivity index (χ3v) is 4.69. The lowest BCUT2D eigenvalue weighted by Crippen LogP contribution is -2.56. The molecule has 1 aliphatic rings. The lowest BCUT2D eigenvalue weighted by Gasteiger charge is -2.48. The highest BCUT2D eigenvalue weighted by molar-refractivity contribution is 6.07. The minimum atomic E-state index is -1.31. The smallest absolute Gasteiger partial charge is 0.319 e. The Balaban J connectivity index is 3.37. The first-order chi connectivity index (χ1) is 9.59. The van der Waals surface area contributed by atoms with Crippen molar-refractivity contribution in [1.29, 1.82) is 0 Å². The molecule has 120 valence electrons. The zero-order chi connectivity index (χ0) is 16.5. The second-order valence-electron chi connectivity index (χ2n) is 6.87. The molecule has 0 heterocycles. The van der Waals surface area contributed by atoms with Crippen molar-refractivity contribution in [2.24, 2.45) is 16.2 Å². The predicted octanol–water partition coefficient (Wildman–Crippen LogP) is 2.51. The van der Waals surface area contributed by atoms with E-state index in [0.29, 0.717) is 12.8 Å². The van der Waals surface area contributed by atoms with Gasteiger partial charge in [0, 0.05) is 5.41 Å². The third-order valence-electron chi connectivity index (χ3n) is 4.69. The highest BCUT2D eigenvalue weighted by Gasteiger charge is 2.61. The van der Waals surface area contributed by atoms with E-state index >= 15 is 0 Å². The van der Waals surface area contributed by atoms with E-state index in [1.165, 1.54) is 14.2 Å². The van der Waals surface area contributed by atoms with Crippen molar-refractivity contribution >= 4 is 17.7 Å². The Labute approximate surface area is 126 Å². The molecule has 0 saturated heterocycles. The van der Waals surface area contributed by atoms with Crippen LogP contribution in [0.1, 0.15) is 53.4 Å². The number of esters is 2. The average molecular weight is 298 g/mol. The first-order valence-corrected chi connectivity index (χ1v) is 7.31. The van der Waals surface area contributed by atoms with Gasteiger partial charge in [-0.1, -0.05) is 20.3 Å². The number of ether oxygens (including phenoxy) is 2. The topological polar surface area (TPSA) is 69.7 Å². The Bertz CT molecular complexity index is 456. The first kappa shape index (κ1) is 17.7. The fourth-order valence-corrected chi connectivity index (χ4v) is 4.07. The van der Waals surface area contributed by atoms with E-state index in [2.05, 4.69) is 0 Å². The quantitative estimate of drug-likeness (QED) is 0.589. The summed E-state index contributed by atoms with van der Waals surface area (Å²) in [4.78, 5) is 37.3. The normalized spacial score (nSPS) is 36.2. The number of hydrogen-bond donors (Lipinski definition) is 0. The van der Waals surface area contributed by atoms with Gasteiger partial charge in [-0.3, -0.25) is 14.4 Å². The van der Waals surface area contributed by atoms with Crippen molar-refractivity contribution in [3.63, 3.8) is 0 Å². The van der Waals surface area contributed by atoms with Gasteiger partial charge >= 0.3 is 11.9 Å². The van der Waals surface area contributed by atoms with Gasteiger partial charge in [-0.2, -0.15) is 0 Å². The van der Waals surface area contributed by atoms with Crippen molar-refractivity contribution in [1.82, 2.24) is 0 Å². The number of hydrogen-bond acceptors (Lipinski definition) is 5. The van der Waals surface area contributed by atoms with Crippen LogP contribution in [0.4, 0.5) is 0 Å². The van der Waals surface area contributed by atoms with Crippen molar-refractivity contribution < 1.29 is 23.9 Å². The predicted molar refractivity (Wildman–Crippen MR) is 77.5 cm³/mol. The molecule has 0 amide bonds. The molecule has 0 N–H and O–H groups in total. The highest BCUT2D eigenvalue weighted by Crippen LogP contribution is 2.54. The van der Waals surface area contributed by atoms with Gasteiger partial charge in [0.15, 0.2) is 5.78 Å². The van der Waals surface area contributed by atoms with Gasteiger partial charge in [-0.15, -0.1) is 0 Å². The van der Waals surface area contributed by atoms with E-state index in [-0.39, 0.29) is 18.2 Å². The van der Waals surface area contributed by atoms with Gasteiger partial charge in [-0.05, 0) is 33.1 Å².